The Balaban J connectivity index is 2.45. The highest BCUT2D eigenvalue weighted by atomic mass is 79.9. The number of hydrogen-bond donors (Lipinski definition) is 1. The third-order valence-electron chi connectivity index (χ3n) is 3.09. The van der Waals surface area contributed by atoms with Gasteiger partial charge in [0.1, 0.15) is 22.2 Å². The van der Waals surface area contributed by atoms with Crippen LogP contribution in [-0.2, 0) is 0 Å². The number of hydrogen-bond acceptors (Lipinski definition) is 3. The summed E-state index contributed by atoms with van der Waals surface area (Å²) < 4.78 is 12.3. The smallest absolute Gasteiger partial charge is 0.141 e. The van der Waals surface area contributed by atoms with Gasteiger partial charge in [-0.05, 0) is 49.2 Å². The Bertz CT molecular complexity index is 678. The maximum absolute atomic E-state index is 5.96. The fourth-order valence-electron chi connectivity index (χ4n) is 2.01. The standard InChI is InChI=1S/C16H16BrNO2S/c1-9-6-12(7-10(2)15(9)17)20-14-8-11(19-3)4-5-13(14)16(18)21/h4-8H,1-3H3,(H2,18,21). The molecule has 0 aromatic heterocycles. The van der Waals surface area contributed by atoms with Crippen molar-refractivity contribution in [3.05, 3.63) is 51.5 Å². The Morgan fingerprint density at radius 2 is 1.71 bits per heavy atom. The zero-order valence-corrected chi connectivity index (χ0v) is 14.5. The van der Waals surface area contributed by atoms with Crippen LogP contribution < -0.4 is 15.2 Å². The number of aryl methyl sites for hydroxylation is 2. The van der Waals surface area contributed by atoms with E-state index in [1.165, 1.54) is 0 Å². The first-order valence-corrected chi connectivity index (χ1v) is 7.55. The minimum absolute atomic E-state index is 0.290. The molecule has 2 N–H and O–H groups in total. The van der Waals surface area contributed by atoms with E-state index < -0.39 is 0 Å². The summed E-state index contributed by atoms with van der Waals surface area (Å²) in [4.78, 5) is 0.290. The largest absolute Gasteiger partial charge is 0.497 e. The van der Waals surface area contributed by atoms with Gasteiger partial charge in [0, 0.05) is 10.5 Å². The lowest BCUT2D eigenvalue weighted by molar-refractivity contribution is 0.409. The number of nitrogens with two attached hydrogens (primary N) is 1. The van der Waals surface area contributed by atoms with Crippen LogP contribution in [-0.4, -0.2) is 12.1 Å². The van der Waals surface area contributed by atoms with E-state index in [0.717, 1.165) is 21.3 Å². The molecule has 0 bridgehead atoms. The van der Waals surface area contributed by atoms with Crippen molar-refractivity contribution in [2.75, 3.05) is 7.11 Å². The fraction of sp³-hybridized carbons (Fsp3) is 0.188. The number of halogens is 1. The van der Waals surface area contributed by atoms with Gasteiger partial charge in [-0.15, -0.1) is 0 Å². The quantitative estimate of drug-likeness (QED) is 0.810. The van der Waals surface area contributed by atoms with Crippen molar-refractivity contribution in [1.29, 1.82) is 0 Å². The molecule has 0 fully saturated rings. The summed E-state index contributed by atoms with van der Waals surface area (Å²) in [6, 6.07) is 9.30. The molecule has 0 unspecified atom stereocenters. The lowest BCUT2D eigenvalue weighted by atomic mass is 10.1. The van der Waals surface area contributed by atoms with E-state index in [9.17, 15) is 0 Å². The van der Waals surface area contributed by atoms with Crippen LogP contribution in [0.1, 0.15) is 16.7 Å². The van der Waals surface area contributed by atoms with Gasteiger partial charge in [-0.25, -0.2) is 0 Å². The first-order valence-electron chi connectivity index (χ1n) is 6.35. The maximum atomic E-state index is 5.96. The summed E-state index contributed by atoms with van der Waals surface area (Å²) in [5, 5.41) is 0. The first-order chi connectivity index (χ1) is 9.92. The van der Waals surface area contributed by atoms with E-state index in [4.69, 9.17) is 27.4 Å². The zero-order valence-electron chi connectivity index (χ0n) is 12.1. The summed E-state index contributed by atoms with van der Waals surface area (Å²) in [5.74, 6) is 2.01. The van der Waals surface area contributed by atoms with Crippen LogP contribution in [0.2, 0.25) is 0 Å². The second-order valence-corrected chi connectivity index (χ2v) is 5.93. The maximum Gasteiger partial charge on any atom is 0.141 e. The monoisotopic (exact) mass is 365 g/mol. The predicted octanol–water partition coefficient (Wildman–Crippen LogP) is 4.50. The summed E-state index contributed by atoms with van der Waals surface area (Å²) in [6.07, 6.45) is 0. The molecule has 0 amide bonds. The molecule has 0 spiro atoms. The van der Waals surface area contributed by atoms with Gasteiger partial charge in [0.05, 0.1) is 12.7 Å². The van der Waals surface area contributed by atoms with Crippen LogP contribution in [0.3, 0.4) is 0 Å². The molecule has 2 rings (SSSR count). The van der Waals surface area contributed by atoms with Gasteiger partial charge in [-0.1, -0.05) is 28.1 Å². The van der Waals surface area contributed by atoms with E-state index in [2.05, 4.69) is 15.9 Å². The van der Waals surface area contributed by atoms with Gasteiger partial charge in [0.15, 0.2) is 0 Å². The Morgan fingerprint density at radius 1 is 1.10 bits per heavy atom. The van der Waals surface area contributed by atoms with Gasteiger partial charge in [-0.3, -0.25) is 0 Å². The van der Waals surface area contributed by atoms with E-state index in [1.54, 1.807) is 25.3 Å². The minimum Gasteiger partial charge on any atom is -0.497 e. The summed E-state index contributed by atoms with van der Waals surface area (Å²) >= 11 is 8.61. The molecule has 0 atom stereocenters. The number of benzene rings is 2. The van der Waals surface area contributed by atoms with Crippen molar-refractivity contribution in [1.82, 2.24) is 0 Å². The van der Waals surface area contributed by atoms with Crippen LogP contribution in [0.25, 0.3) is 0 Å². The SMILES string of the molecule is COc1ccc(C(N)=S)c(Oc2cc(C)c(Br)c(C)c2)c1. The molecular weight excluding hydrogens is 350 g/mol. The Kier molecular flexibility index (Phi) is 4.85. The minimum atomic E-state index is 0.290. The van der Waals surface area contributed by atoms with Gasteiger partial charge < -0.3 is 15.2 Å². The average molecular weight is 366 g/mol. The Hall–Kier alpha value is -1.59. The second-order valence-electron chi connectivity index (χ2n) is 4.70. The molecule has 0 aliphatic heterocycles. The van der Waals surface area contributed by atoms with Crippen molar-refractivity contribution >= 4 is 33.1 Å². The average Bonchev–Trinajstić information content (AvgIpc) is 2.44. The highest BCUT2D eigenvalue weighted by Crippen LogP contribution is 2.33. The van der Waals surface area contributed by atoms with Crippen molar-refractivity contribution in [2.45, 2.75) is 13.8 Å². The van der Waals surface area contributed by atoms with Gasteiger partial charge in [-0.2, -0.15) is 0 Å². The molecule has 2 aromatic rings. The molecule has 3 nitrogen and oxygen atoms in total. The van der Waals surface area contributed by atoms with E-state index >= 15 is 0 Å². The number of methoxy groups -OCH3 is 1. The van der Waals surface area contributed by atoms with Crippen LogP contribution >= 0.6 is 28.1 Å². The third kappa shape index (κ3) is 3.54. The molecule has 0 saturated carbocycles. The molecule has 21 heavy (non-hydrogen) atoms. The summed E-state index contributed by atoms with van der Waals surface area (Å²) in [6.45, 7) is 4.04. The first kappa shape index (κ1) is 15.8. The highest BCUT2D eigenvalue weighted by molar-refractivity contribution is 9.10. The van der Waals surface area contributed by atoms with Crippen molar-refractivity contribution in [3.8, 4) is 17.2 Å². The molecule has 0 saturated heterocycles. The lowest BCUT2D eigenvalue weighted by Crippen LogP contribution is -2.10. The topological polar surface area (TPSA) is 44.5 Å². The summed E-state index contributed by atoms with van der Waals surface area (Å²) in [5.41, 5.74) is 8.63. The van der Waals surface area contributed by atoms with Crippen LogP contribution in [0.4, 0.5) is 0 Å². The highest BCUT2D eigenvalue weighted by Gasteiger charge is 2.11. The molecular formula is C16H16BrNO2S. The van der Waals surface area contributed by atoms with E-state index in [0.29, 0.717) is 22.1 Å². The van der Waals surface area contributed by atoms with Crippen LogP contribution in [0.15, 0.2) is 34.8 Å². The fourth-order valence-corrected chi connectivity index (χ4v) is 2.41. The van der Waals surface area contributed by atoms with E-state index in [-0.39, 0.29) is 0 Å². The predicted molar refractivity (Wildman–Crippen MR) is 92.6 cm³/mol. The van der Waals surface area contributed by atoms with Gasteiger partial charge in [0.25, 0.3) is 0 Å². The van der Waals surface area contributed by atoms with Crippen LogP contribution in [0, 0.1) is 13.8 Å². The molecule has 110 valence electrons. The number of rotatable bonds is 4. The summed E-state index contributed by atoms with van der Waals surface area (Å²) in [7, 11) is 1.60. The van der Waals surface area contributed by atoms with Gasteiger partial charge in [0.2, 0.25) is 0 Å². The Morgan fingerprint density at radius 3 is 2.24 bits per heavy atom. The van der Waals surface area contributed by atoms with Crippen LogP contribution in [0.5, 0.6) is 17.2 Å². The normalized spacial score (nSPS) is 10.3. The molecule has 5 heteroatoms. The molecule has 2 aromatic carbocycles. The van der Waals surface area contributed by atoms with Crippen molar-refractivity contribution < 1.29 is 9.47 Å². The van der Waals surface area contributed by atoms with Crippen molar-refractivity contribution in [3.63, 3.8) is 0 Å². The lowest BCUT2D eigenvalue weighted by Gasteiger charge is -2.14. The Labute approximate surface area is 138 Å². The molecule has 0 radical (unpaired) electrons. The van der Waals surface area contributed by atoms with Crippen molar-refractivity contribution in [2.24, 2.45) is 5.73 Å². The van der Waals surface area contributed by atoms with Gasteiger partial charge >= 0.3 is 0 Å². The van der Waals surface area contributed by atoms with E-state index in [1.807, 2.05) is 26.0 Å². The molecule has 0 aliphatic rings. The number of thiocarbonyl (C=S) groups is 1. The zero-order chi connectivity index (χ0) is 15.6. The molecule has 0 aliphatic carbocycles. The molecule has 0 heterocycles. The number of ether oxygens (including phenoxy) is 2. The second kappa shape index (κ2) is 6.45. The third-order valence-corrected chi connectivity index (χ3v) is 4.56.